The Morgan fingerprint density at radius 2 is 1.65 bits per heavy atom. The number of amides is 2. The Balaban J connectivity index is 1.86. The molecule has 1 atom stereocenters. The summed E-state index contributed by atoms with van der Waals surface area (Å²) in [5.74, 6) is -0.436. The third kappa shape index (κ3) is 5.11. The van der Waals surface area contributed by atoms with Crippen LogP contribution in [0.1, 0.15) is 30.1 Å². The molecule has 0 aliphatic carbocycles. The van der Waals surface area contributed by atoms with Crippen molar-refractivity contribution in [1.29, 1.82) is 0 Å². The first-order valence-corrected chi connectivity index (χ1v) is 8.44. The first kappa shape index (κ1) is 19.6. The predicted octanol–water partition coefficient (Wildman–Crippen LogP) is 0.988. The van der Waals surface area contributed by atoms with Gasteiger partial charge in [-0.1, -0.05) is 0 Å². The number of nitrogens with one attached hydrogen (secondary N) is 1. The van der Waals surface area contributed by atoms with Gasteiger partial charge in [0.15, 0.2) is 6.10 Å². The quantitative estimate of drug-likeness (QED) is 0.725. The lowest BCUT2D eigenvalue weighted by atomic mass is 10.2. The molecule has 142 valence electrons. The second kappa shape index (κ2) is 9.07. The molecule has 2 amide bonds. The summed E-state index contributed by atoms with van der Waals surface area (Å²) in [5.41, 5.74) is 0.287. The molecule has 0 spiro atoms. The molecule has 1 aromatic carbocycles. The van der Waals surface area contributed by atoms with Crippen LogP contribution in [0, 0.1) is 0 Å². The summed E-state index contributed by atoms with van der Waals surface area (Å²) >= 11 is 0. The van der Waals surface area contributed by atoms with E-state index in [-0.39, 0.29) is 18.0 Å². The SMILES string of the molecule is COc1cc(OC)cc(C(=O)NCC(=O)OC(C)C(=O)N2CCCC2)c1. The molecule has 1 unspecified atom stereocenters. The van der Waals surface area contributed by atoms with Crippen molar-refractivity contribution in [2.45, 2.75) is 25.9 Å². The molecule has 2 rings (SSSR count). The van der Waals surface area contributed by atoms with Gasteiger partial charge in [-0.05, 0) is 31.9 Å². The molecule has 8 heteroatoms. The Morgan fingerprint density at radius 3 is 2.19 bits per heavy atom. The first-order chi connectivity index (χ1) is 12.4. The van der Waals surface area contributed by atoms with Crippen LogP contribution >= 0.6 is 0 Å². The van der Waals surface area contributed by atoms with Crippen LogP contribution < -0.4 is 14.8 Å². The first-order valence-electron chi connectivity index (χ1n) is 8.44. The van der Waals surface area contributed by atoms with E-state index < -0.39 is 18.0 Å². The molecule has 8 nitrogen and oxygen atoms in total. The fourth-order valence-corrected chi connectivity index (χ4v) is 2.68. The van der Waals surface area contributed by atoms with E-state index in [1.54, 1.807) is 11.0 Å². The highest BCUT2D eigenvalue weighted by molar-refractivity contribution is 5.97. The minimum Gasteiger partial charge on any atom is -0.497 e. The average molecular weight is 364 g/mol. The fourth-order valence-electron chi connectivity index (χ4n) is 2.68. The minimum atomic E-state index is -0.866. The van der Waals surface area contributed by atoms with Crippen LogP contribution in [0.2, 0.25) is 0 Å². The molecule has 1 aromatic rings. The molecule has 1 fully saturated rings. The van der Waals surface area contributed by atoms with Crippen molar-refractivity contribution in [2.75, 3.05) is 33.9 Å². The summed E-state index contributed by atoms with van der Waals surface area (Å²) < 4.78 is 15.3. The van der Waals surface area contributed by atoms with Crippen LogP contribution in [0.4, 0.5) is 0 Å². The molecular formula is C18H24N2O6. The number of hydrogen-bond donors (Lipinski definition) is 1. The predicted molar refractivity (Wildman–Crippen MR) is 93.2 cm³/mol. The van der Waals surface area contributed by atoms with Crippen molar-refractivity contribution in [1.82, 2.24) is 10.2 Å². The van der Waals surface area contributed by atoms with E-state index in [1.165, 1.54) is 33.3 Å². The molecule has 26 heavy (non-hydrogen) atoms. The highest BCUT2D eigenvalue weighted by Crippen LogP contribution is 2.22. The zero-order chi connectivity index (χ0) is 19.1. The number of esters is 1. The van der Waals surface area contributed by atoms with E-state index in [1.807, 2.05) is 0 Å². The van der Waals surface area contributed by atoms with Crippen molar-refractivity contribution < 1.29 is 28.6 Å². The van der Waals surface area contributed by atoms with Crippen molar-refractivity contribution in [3.05, 3.63) is 23.8 Å². The molecule has 1 aliphatic heterocycles. The summed E-state index contributed by atoms with van der Waals surface area (Å²) in [4.78, 5) is 37.9. The Labute approximate surface area is 152 Å². The van der Waals surface area contributed by atoms with Gasteiger partial charge in [-0.25, -0.2) is 0 Å². The van der Waals surface area contributed by atoms with Crippen LogP contribution in [0.25, 0.3) is 0 Å². The van der Waals surface area contributed by atoms with Gasteiger partial charge in [-0.3, -0.25) is 14.4 Å². The number of methoxy groups -OCH3 is 2. The van der Waals surface area contributed by atoms with Gasteiger partial charge in [0.2, 0.25) is 0 Å². The zero-order valence-electron chi connectivity index (χ0n) is 15.2. The standard InChI is InChI=1S/C18H24N2O6/c1-12(18(23)20-6-4-5-7-20)26-16(21)11-19-17(22)13-8-14(24-2)10-15(9-13)25-3/h8-10,12H,4-7,11H2,1-3H3,(H,19,22). The lowest BCUT2D eigenvalue weighted by Crippen LogP contribution is -2.40. The van der Waals surface area contributed by atoms with Gasteiger partial charge in [-0.2, -0.15) is 0 Å². The van der Waals surface area contributed by atoms with E-state index in [0.717, 1.165) is 12.8 Å². The van der Waals surface area contributed by atoms with Gasteiger partial charge in [0.25, 0.3) is 11.8 Å². The molecule has 1 aliphatic rings. The Morgan fingerprint density at radius 1 is 1.08 bits per heavy atom. The number of likely N-dealkylation sites (tertiary alicyclic amines) is 1. The second-order valence-electron chi connectivity index (χ2n) is 5.95. The van der Waals surface area contributed by atoms with Crippen LogP contribution in [0.5, 0.6) is 11.5 Å². The molecule has 0 saturated carbocycles. The number of nitrogens with zero attached hydrogens (tertiary/aromatic N) is 1. The summed E-state index contributed by atoms with van der Waals surface area (Å²) in [6, 6.07) is 4.70. The van der Waals surface area contributed by atoms with E-state index >= 15 is 0 Å². The van der Waals surface area contributed by atoms with Crippen LogP contribution in [-0.4, -0.2) is 62.6 Å². The van der Waals surface area contributed by atoms with E-state index in [0.29, 0.717) is 24.6 Å². The highest BCUT2D eigenvalue weighted by atomic mass is 16.5. The normalized spacial score (nSPS) is 14.5. The Bertz CT molecular complexity index is 647. The number of rotatable bonds is 7. The molecule has 0 bridgehead atoms. The van der Waals surface area contributed by atoms with E-state index in [4.69, 9.17) is 14.2 Å². The number of benzene rings is 1. The van der Waals surface area contributed by atoms with Gasteiger partial charge >= 0.3 is 5.97 Å². The molecule has 0 aromatic heterocycles. The lowest BCUT2D eigenvalue weighted by molar-refractivity contribution is -0.157. The molecule has 0 radical (unpaired) electrons. The van der Waals surface area contributed by atoms with Gasteiger partial charge in [0, 0.05) is 24.7 Å². The summed E-state index contributed by atoms with van der Waals surface area (Å²) in [6.45, 7) is 2.58. The largest absolute Gasteiger partial charge is 0.497 e. The van der Waals surface area contributed by atoms with Gasteiger partial charge < -0.3 is 24.4 Å². The zero-order valence-corrected chi connectivity index (χ0v) is 15.2. The maximum atomic E-state index is 12.2. The summed E-state index contributed by atoms with van der Waals surface area (Å²) in [5, 5.41) is 2.47. The van der Waals surface area contributed by atoms with Gasteiger partial charge in [0.05, 0.1) is 14.2 Å². The monoisotopic (exact) mass is 364 g/mol. The summed E-state index contributed by atoms with van der Waals surface area (Å²) in [7, 11) is 2.96. The molecule has 1 heterocycles. The smallest absolute Gasteiger partial charge is 0.326 e. The molecule has 1 saturated heterocycles. The van der Waals surface area contributed by atoms with Crippen LogP contribution in [0.15, 0.2) is 18.2 Å². The number of carbonyl (C=O) groups excluding carboxylic acids is 3. The fraction of sp³-hybridized carbons (Fsp3) is 0.500. The van der Waals surface area contributed by atoms with Crippen LogP contribution in [-0.2, 0) is 14.3 Å². The highest BCUT2D eigenvalue weighted by Gasteiger charge is 2.26. The maximum Gasteiger partial charge on any atom is 0.326 e. The topological polar surface area (TPSA) is 94.2 Å². The van der Waals surface area contributed by atoms with Gasteiger partial charge in [-0.15, -0.1) is 0 Å². The molecule has 1 N–H and O–H groups in total. The lowest BCUT2D eigenvalue weighted by Gasteiger charge is -2.20. The Kier molecular flexibility index (Phi) is 6.82. The number of carbonyl (C=O) groups is 3. The summed E-state index contributed by atoms with van der Waals surface area (Å²) in [6.07, 6.45) is 1.06. The van der Waals surface area contributed by atoms with Crippen molar-refractivity contribution >= 4 is 17.8 Å². The van der Waals surface area contributed by atoms with Crippen molar-refractivity contribution in [2.24, 2.45) is 0 Å². The maximum absolute atomic E-state index is 12.2. The molecular weight excluding hydrogens is 340 g/mol. The van der Waals surface area contributed by atoms with Crippen molar-refractivity contribution in [3.63, 3.8) is 0 Å². The number of hydrogen-bond acceptors (Lipinski definition) is 6. The minimum absolute atomic E-state index is 0.209. The third-order valence-corrected chi connectivity index (χ3v) is 4.08. The number of ether oxygens (including phenoxy) is 3. The van der Waals surface area contributed by atoms with Gasteiger partial charge in [0.1, 0.15) is 18.0 Å². The van der Waals surface area contributed by atoms with E-state index in [9.17, 15) is 14.4 Å². The van der Waals surface area contributed by atoms with Crippen LogP contribution in [0.3, 0.4) is 0 Å². The third-order valence-electron chi connectivity index (χ3n) is 4.08. The average Bonchev–Trinajstić information content (AvgIpc) is 3.19. The van der Waals surface area contributed by atoms with Crippen molar-refractivity contribution in [3.8, 4) is 11.5 Å². The van der Waals surface area contributed by atoms with E-state index in [2.05, 4.69) is 5.32 Å². The second-order valence-corrected chi connectivity index (χ2v) is 5.95. The Hall–Kier alpha value is -2.77.